The molecule has 138 valence electrons. The van der Waals surface area contributed by atoms with Gasteiger partial charge in [-0.1, -0.05) is 23.8 Å². The van der Waals surface area contributed by atoms with Gasteiger partial charge in [-0.05, 0) is 62.8 Å². The zero-order chi connectivity index (χ0) is 19.7. The van der Waals surface area contributed by atoms with Crippen LogP contribution in [0.2, 0.25) is 0 Å². The van der Waals surface area contributed by atoms with E-state index < -0.39 is 11.8 Å². The molecule has 1 aliphatic rings. The largest absolute Gasteiger partial charge is 0.318 e. The van der Waals surface area contributed by atoms with Crippen LogP contribution in [0.1, 0.15) is 22.5 Å². The molecule has 5 nitrogen and oxygen atoms in total. The van der Waals surface area contributed by atoms with E-state index in [4.69, 9.17) is 12.2 Å². The third-order valence-corrected chi connectivity index (χ3v) is 4.88. The number of benzene rings is 1. The van der Waals surface area contributed by atoms with E-state index in [2.05, 4.69) is 40.7 Å². The molecule has 0 atom stereocenters. The molecule has 1 aromatic heterocycles. The Morgan fingerprint density at radius 3 is 2.44 bits per heavy atom. The van der Waals surface area contributed by atoms with Gasteiger partial charge in [0.1, 0.15) is 5.57 Å². The lowest BCUT2D eigenvalue weighted by atomic mass is 10.1. The summed E-state index contributed by atoms with van der Waals surface area (Å²) in [6, 6.07) is 10.2. The molecule has 1 fully saturated rings. The van der Waals surface area contributed by atoms with Crippen LogP contribution in [-0.4, -0.2) is 32.9 Å². The first-order valence-electron chi connectivity index (χ1n) is 8.59. The van der Waals surface area contributed by atoms with Crippen molar-refractivity contribution in [2.24, 2.45) is 0 Å². The number of thiocarbonyl (C=S) groups is 1. The normalized spacial score (nSPS) is 16.0. The second-order valence-corrected chi connectivity index (χ2v) is 6.91. The van der Waals surface area contributed by atoms with Crippen molar-refractivity contribution in [3.8, 4) is 5.69 Å². The average molecular weight is 379 g/mol. The van der Waals surface area contributed by atoms with Crippen molar-refractivity contribution >= 4 is 35.2 Å². The minimum absolute atomic E-state index is 0.0645. The van der Waals surface area contributed by atoms with Gasteiger partial charge in [-0.25, -0.2) is 0 Å². The lowest BCUT2D eigenvalue weighted by Gasteiger charge is -2.27. The molecule has 3 rings (SSSR count). The Bertz CT molecular complexity index is 984. The summed E-state index contributed by atoms with van der Waals surface area (Å²) < 4.78 is 2.10. The SMILES string of the molecule is C=CCN1C(=O)C(=Cc2cc(C)n(-c3ccc(C)cc3)c2C)C(=O)NC1=S. The number of hydrogen-bond donors (Lipinski definition) is 1. The summed E-state index contributed by atoms with van der Waals surface area (Å²) in [5, 5.41) is 2.67. The molecule has 0 saturated carbocycles. The van der Waals surface area contributed by atoms with Gasteiger partial charge in [-0.15, -0.1) is 6.58 Å². The first-order chi connectivity index (χ1) is 12.8. The van der Waals surface area contributed by atoms with Crippen LogP contribution in [0.15, 0.2) is 48.6 Å². The summed E-state index contributed by atoms with van der Waals surface area (Å²) in [7, 11) is 0. The summed E-state index contributed by atoms with van der Waals surface area (Å²) in [4.78, 5) is 26.4. The van der Waals surface area contributed by atoms with Gasteiger partial charge in [-0.3, -0.25) is 19.8 Å². The average Bonchev–Trinajstić information content (AvgIpc) is 2.90. The van der Waals surface area contributed by atoms with Crippen molar-refractivity contribution < 1.29 is 9.59 Å². The van der Waals surface area contributed by atoms with E-state index in [1.807, 2.05) is 26.8 Å². The molecule has 0 radical (unpaired) electrons. The molecular formula is C21H21N3O2S. The monoisotopic (exact) mass is 379 g/mol. The minimum atomic E-state index is -0.481. The number of carbonyl (C=O) groups excluding carboxylic acids is 2. The number of nitrogens with zero attached hydrogens (tertiary/aromatic N) is 2. The zero-order valence-corrected chi connectivity index (χ0v) is 16.4. The maximum Gasteiger partial charge on any atom is 0.265 e. The molecule has 27 heavy (non-hydrogen) atoms. The Labute approximate surface area is 164 Å². The Hall–Kier alpha value is -2.99. The highest BCUT2D eigenvalue weighted by Crippen LogP contribution is 2.24. The van der Waals surface area contributed by atoms with E-state index in [-0.39, 0.29) is 17.2 Å². The standard InChI is InChI=1S/C21H21N3O2S/c1-5-10-23-20(26)18(19(25)22-21(23)27)12-16-11-14(3)24(15(16)4)17-8-6-13(2)7-9-17/h5-9,11-12H,1,10H2,2-4H3,(H,22,25,27). The van der Waals surface area contributed by atoms with E-state index >= 15 is 0 Å². The highest BCUT2D eigenvalue weighted by Gasteiger charge is 2.32. The van der Waals surface area contributed by atoms with Crippen molar-refractivity contribution in [1.82, 2.24) is 14.8 Å². The minimum Gasteiger partial charge on any atom is -0.318 e. The van der Waals surface area contributed by atoms with Crippen molar-refractivity contribution in [1.29, 1.82) is 0 Å². The van der Waals surface area contributed by atoms with Crippen LogP contribution >= 0.6 is 12.2 Å². The quantitative estimate of drug-likeness (QED) is 0.384. The Kier molecular flexibility index (Phi) is 5.10. The summed E-state index contributed by atoms with van der Waals surface area (Å²) in [5.74, 6) is -0.894. The van der Waals surface area contributed by atoms with Gasteiger partial charge in [0.15, 0.2) is 5.11 Å². The highest BCUT2D eigenvalue weighted by molar-refractivity contribution is 7.80. The lowest BCUT2D eigenvalue weighted by Crippen LogP contribution is -2.53. The predicted molar refractivity (Wildman–Crippen MR) is 111 cm³/mol. The van der Waals surface area contributed by atoms with Crippen LogP contribution in [0.4, 0.5) is 0 Å². The van der Waals surface area contributed by atoms with Crippen LogP contribution in [0.5, 0.6) is 0 Å². The van der Waals surface area contributed by atoms with Crippen molar-refractivity contribution in [2.75, 3.05) is 6.54 Å². The highest BCUT2D eigenvalue weighted by atomic mass is 32.1. The van der Waals surface area contributed by atoms with Crippen LogP contribution in [-0.2, 0) is 9.59 Å². The molecule has 2 heterocycles. The fraction of sp³-hybridized carbons (Fsp3) is 0.190. The van der Waals surface area contributed by atoms with Gasteiger partial charge >= 0.3 is 0 Å². The first-order valence-corrected chi connectivity index (χ1v) is 9.00. The van der Waals surface area contributed by atoms with Gasteiger partial charge in [0, 0.05) is 23.6 Å². The number of aryl methyl sites for hydroxylation is 2. The van der Waals surface area contributed by atoms with Crippen LogP contribution in [0, 0.1) is 20.8 Å². The molecule has 6 heteroatoms. The number of aromatic nitrogens is 1. The van der Waals surface area contributed by atoms with Crippen molar-refractivity contribution in [3.05, 3.63) is 71.1 Å². The summed E-state index contributed by atoms with van der Waals surface area (Å²) in [6.45, 7) is 9.89. The number of rotatable bonds is 4. The third-order valence-electron chi connectivity index (χ3n) is 4.56. The van der Waals surface area contributed by atoms with Gasteiger partial charge < -0.3 is 4.57 Å². The van der Waals surface area contributed by atoms with Gasteiger partial charge in [-0.2, -0.15) is 0 Å². The van der Waals surface area contributed by atoms with Gasteiger partial charge in [0.25, 0.3) is 11.8 Å². The van der Waals surface area contributed by atoms with Crippen molar-refractivity contribution in [2.45, 2.75) is 20.8 Å². The first kappa shape index (κ1) is 18.8. The number of hydrogen-bond acceptors (Lipinski definition) is 3. The number of nitrogens with one attached hydrogen (secondary N) is 1. The Morgan fingerprint density at radius 1 is 1.15 bits per heavy atom. The molecule has 2 amide bonds. The fourth-order valence-electron chi connectivity index (χ4n) is 3.17. The van der Waals surface area contributed by atoms with Crippen LogP contribution < -0.4 is 5.32 Å². The Balaban J connectivity index is 2.04. The second-order valence-electron chi connectivity index (χ2n) is 6.52. The molecule has 1 saturated heterocycles. The van der Waals surface area contributed by atoms with E-state index in [0.29, 0.717) is 0 Å². The van der Waals surface area contributed by atoms with E-state index in [0.717, 1.165) is 22.6 Å². The maximum absolute atomic E-state index is 12.7. The fourth-order valence-corrected chi connectivity index (χ4v) is 3.42. The topological polar surface area (TPSA) is 54.3 Å². The smallest absolute Gasteiger partial charge is 0.265 e. The van der Waals surface area contributed by atoms with E-state index in [9.17, 15) is 9.59 Å². The molecule has 1 aliphatic heterocycles. The van der Waals surface area contributed by atoms with Gasteiger partial charge in [0.2, 0.25) is 0 Å². The Morgan fingerprint density at radius 2 is 1.81 bits per heavy atom. The molecule has 1 N–H and O–H groups in total. The number of amides is 2. The lowest BCUT2D eigenvalue weighted by molar-refractivity contribution is -0.128. The molecule has 0 aliphatic carbocycles. The predicted octanol–water partition coefficient (Wildman–Crippen LogP) is 3.22. The molecule has 0 spiro atoms. The molecule has 2 aromatic rings. The molecule has 1 aromatic carbocycles. The summed E-state index contributed by atoms with van der Waals surface area (Å²) in [5.41, 5.74) is 5.08. The molecule has 0 unspecified atom stereocenters. The summed E-state index contributed by atoms with van der Waals surface area (Å²) in [6.07, 6.45) is 3.20. The van der Waals surface area contributed by atoms with Crippen molar-refractivity contribution in [3.63, 3.8) is 0 Å². The van der Waals surface area contributed by atoms with Crippen LogP contribution in [0.3, 0.4) is 0 Å². The van der Waals surface area contributed by atoms with E-state index in [1.54, 1.807) is 12.2 Å². The van der Waals surface area contributed by atoms with Gasteiger partial charge in [0.05, 0.1) is 0 Å². The van der Waals surface area contributed by atoms with E-state index in [1.165, 1.54) is 10.5 Å². The second kappa shape index (κ2) is 7.32. The van der Waals surface area contributed by atoms with Crippen LogP contribution in [0.25, 0.3) is 11.8 Å². The third kappa shape index (κ3) is 3.48. The summed E-state index contributed by atoms with van der Waals surface area (Å²) >= 11 is 5.08. The maximum atomic E-state index is 12.7. The zero-order valence-electron chi connectivity index (χ0n) is 15.6. The molecular weight excluding hydrogens is 358 g/mol. The number of carbonyl (C=O) groups is 2. The molecule has 0 bridgehead atoms.